The summed E-state index contributed by atoms with van der Waals surface area (Å²) in [5, 5.41) is 13.8. The van der Waals surface area contributed by atoms with Gasteiger partial charge in [0.1, 0.15) is 5.51 Å². The van der Waals surface area contributed by atoms with E-state index >= 15 is 0 Å². The van der Waals surface area contributed by atoms with Crippen molar-refractivity contribution in [2.45, 2.75) is 37.8 Å². The third kappa shape index (κ3) is 2.46. The summed E-state index contributed by atoms with van der Waals surface area (Å²) in [5.41, 5.74) is 1.61. The standard InChI is InChI=1S/C11H17N5OS/c17-10(14-11-15-12-7-18-11)13-8-4-6-16-5-2-1-3-9(8)16/h7-9H,1-6H2,(H2,13,14,15,17)/t8-,9+/m0/s1. The molecule has 1 aromatic heterocycles. The predicted octanol–water partition coefficient (Wildman–Crippen LogP) is 1.29. The number of carbonyl (C=O) groups is 1. The molecule has 2 aliphatic rings. The van der Waals surface area contributed by atoms with Gasteiger partial charge in [0.05, 0.1) is 0 Å². The van der Waals surface area contributed by atoms with Crippen LogP contribution in [0, 0.1) is 0 Å². The third-order valence-electron chi connectivity index (χ3n) is 3.75. The van der Waals surface area contributed by atoms with Gasteiger partial charge >= 0.3 is 6.03 Å². The highest BCUT2D eigenvalue weighted by atomic mass is 32.1. The highest BCUT2D eigenvalue weighted by Gasteiger charge is 2.36. The van der Waals surface area contributed by atoms with Gasteiger partial charge in [0.25, 0.3) is 0 Å². The van der Waals surface area contributed by atoms with E-state index in [0.29, 0.717) is 11.2 Å². The molecule has 0 radical (unpaired) electrons. The van der Waals surface area contributed by atoms with Gasteiger partial charge in [-0.05, 0) is 25.8 Å². The zero-order chi connectivity index (χ0) is 12.4. The monoisotopic (exact) mass is 267 g/mol. The van der Waals surface area contributed by atoms with E-state index in [-0.39, 0.29) is 12.1 Å². The van der Waals surface area contributed by atoms with Gasteiger partial charge in [-0.1, -0.05) is 17.8 Å². The number of fused-ring (bicyclic) bond motifs is 1. The van der Waals surface area contributed by atoms with Crippen LogP contribution < -0.4 is 10.6 Å². The average molecular weight is 267 g/mol. The van der Waals surface area contributed by atoms with Gasteiger partial charge in [-0.2, -0.15) is 0 Å². The molecule has 98 valence electrons. The first kappa shape index (κ1) is 11.9. The second kappa shape index (κ2) is 5.19. The Morgan fingerprint density at radius 3 is 3.17 bits per heavy atom. The maximum Gasteiger partial charge on any atom is 0.321 e. The van der Waals surface area contributed by atoms with Crippen LogP contribution in [-0.4, -0.2) is 46.3 Å². The molecule has 2 fully saturated rings. The number of hydrogen-bond acceptors (Lipinski definition) is 5. The molecule has 0 aromatic carbocycles. The van der Waals surface area contributed by atoms with E-state index in [4.69, 9.17) is 0 Å². The molecule has 0 spiro atoms. The number of carbonyl (C=O) groups excluding carboxylic acids is 1. The van der Waals surface area contributed by atoms with E-state index in [1.165, 1.54) is 37.1 Å². The fourth-order valence-corrected chi connectivity index (χ4v) is 3.38. The molecule has 2 aliphatic heterocycles. The number of nitrogens with zero attached hydrogens (tertiary/aromatic N) is 3. The van der Waals surface area contributed by atoms with Crippen molar-refractivity contribution in [2.75, 3.05) is 18.4 Å². The molecule has 2 N–H and O–H groups in total. The van der Waals surface area contributed by atoms with E-state index < -0.39 is 0 Å². The summed E-state index contributed by atoms with van der Waals surface area (Å²) in [6.45, 7) is 2.29. The number of aromatic nitrogens is 2. The lowest BCUT2D eigenvalue weighted by Crippen LogP contribution is -2.47. The molecule has 2 amide bonds. The average Bonchev–Trinajstić information content (AvgIpc) is 3.00. The third-order valence-corrected chi connectivity index (χ3v) is 4.36. The quantitative estimate of drug-likeness (QED) is 0.847. The largest absolute Gasteiger partial charge is 0.333 e. The van der Waals surface area contributed by atoms with Crippen molar-refractivity contribution in [3.63, 3.8) is 0 Å². The summed E-state index contributed by atoms with van der Waals surface area (Å²) in [5.74, 6) is 0. The van der Waals surface area contributed by atoms with E-state index in [1.807, 2.05) is 0 Å². The Morgan fingerprint density at radius 1 is 1.39 bits per heavy atom. The normalized spacial score (nSPS) is 27.8. The molecule has 6 nitrogen and oxygen atoms in total. The van der Waals surface area contributed by atoms with Gasteiger partial charge in [0.2, 0.25) is 5.13 Å². The lowest BCUT2D eigenvalue weighted by molar-refractivity contribution is 0.180. The molecule has 1 aromatic rings. The Labute approximate surface area is 110 Å². The van der Waals surface area contributed by atoms with Crippen LogP contribution in [0.3, 0.4) is 0 Å². The molecule has 0 unspecified atom stereocenters. The number of rotatable bonds is 2. The van der Waals surface area contributed by atoms with Gasteiger partial charge in [-0.25, -0.2) is 4.79 Å². The zero-order valence-electron chi connectivity index (χ0n) is 10.1. The summed E-state index contributed by atoms with van der Waals surface area (Å²) in [7, 11) is 0. The zero-order valence-corrected chi connectivity index (χ0v) is 10.9. The molecule has 3 heterocycles. The van der Waals surface area contributed by atoms with Crippen LogP contribution in [0.4, 0.5) is 9.93 Å². The van der Waals surface area contributed by atoms with Gasteiger partial charge in [0.15, 0.2) is 0 Å². The summed E-state index contributed by atoms with van der Waals surface area (Å²) in [4.78, 5) is 14.3. The lowest BCUT2D eigenvalue weighted by Gasteiger charge is -2.32. The predicted molar refractivity (Wildman–Crippen MR) is 69.7 cm³/mol. The Morgan fingerprint density at radius 2 is 2.33 bits per heavy atom. The summed E-state index contributed by atoms with van der Waals surface area (Å²) in [6, 6.07) is 0.640. The fraction of sp³-hybridized carbons (Fsp3) is 0.727. The number of anilines is 1. The molecule has 2 saturated heterocycles. The Balaban J connectivity index is 1.54. The minimum atomic E-state index is -0.163. The molecule has 2 atom stereocenters. The van der Waals surface area contributed by atoms with Crippen molar-refractivity contribution in [1.29, 1.82) is 0 Å². The van der Waals surface area contributed by atoms with E-state index in [1.54, 1.807) is 5.51 Å². The first-order valence-electron chi connectivity index (χ1n) is 6.40. The van der Waals surface area contributed by atoms with E-state index in [9.17, 15) is 4.79 Å². The topological polar surface area (TPSA) is 70.1 Å². The minimum absolute atomic E-state index is 0.163. The Hall–Kier alpha value is -1.21. The molecular weight excluding hydrogens is 250 g/mol. The molecule has 0 bridgehead atoms. The van der Waals surface area contributed by atoms with Crippen LogP contribution in [0.25, 0.3) is 0 Å². The highest BCUT2D eigenvalue weighted by Crippen LogP contribution is 2.27. The van der Waals surface area contributed by atoms with Crippen molar-refractivity contribution in [2.24, 2.45) is 0 Å². The maximum atomic E-state index is 11.8. The Kier molecular flexibility index (Phi) is 3.42. The van der Waals surface area contributed by atoms with E-state index in [2.05, 4.69) is 25.7 Å². The molecule has 3 rings (SSSR count). The van der Waals surface area contributed by atoms with Crippen LogP contribution in [-0.2, 0) is 0 Å². The van der Waals surface area contributed by atoms with Gasteiger partial charge in [-0.15, -0.1) is 10.2 Å². The summed E-state index contributed by atoms with van der Waals surface area (Å²) < 4.78 is 0. The second-order valence-corrected chi connectivity index (χ2v) is 5.67. The number of urea groups is 1. The summed E-state index contributed by atoms with van der Waals surface area (Å²) >= 11 is 1.33. The van der Waals surface area contributed by atoms with Crippen molar-refractivity contribution in [1.82, 2.24) is 20.4 Å². The van der Waals surface area contributed by atoms with Gasteiger partial charge in [0, 0.05) is 18.6 Å². The molecule has 0 aliphatic carbocycles. The van der Waals surface area contributed by atoms with Crippen molar-refractivity contribution >= 4 is 22.5 Å². The number of hydrogen-bond donors (Lipinski definition) is 2. The van der Waals surface area contributed by atoms with Gasteiger partial charge < -0.3 is 5.32 Å². The number of piperidine rings is 1. The smallest absolute Gasteiger partial charge is 0.321 e. The SMILES string of the molecule is O=C(Nc1nncs1)N[C@H]1CCN2CCCC[C@H]12. The van der Waals surface area contributed by atoms with E-state index in [0.717, 1.165) is 13.0 Å². The molecular formula is C11H17N5OS. The molecule has 0 saturated carbocycles. The highest BCUT2D eigenvalue weighted by molar-refractivity contribution is 7.13. The molecule has 7 heteroatoms. The summed E-state index contributed by atoms with van der Waals surface area (Å²) in [6.07, 6.45) is 4.82. The first-order chi connectivity index (χ1) is 8.83. The van der Waals surface area contributed by atoms with Crippen LogP contribution in [0.1, 0.15) is 25.7 Å². The maximum absolute atomic E-state index is 11.8. The van der Waals surface area contributed by atoms with Crippen molar-refractivity contribution in [3.8, 4) is 0 Å². The fourth-order valence-electron chi connectivity index (χ4n) is 2.94. The number of nitrogens with one attached hydrogen (secondary N) is 2. The molecule has 18 heavy (non-hydrogen) atoms. The van der Waals surface area contributed by atoms with Crippen LogP contribution in [0.5, 0.6) is 0 Å². The minimum Gasteiger partial charge on any atom is -0.333 e. The van der Waals surface area contributed by atoms with Crippen molar-refractivity contribution < 1.29 is 4.79 Å². The van der Waals surface area contributed by atoms with Crippen molar-refractivity contribution in [3.05, 3.63) is 5.51 Å². The van der Waals surface area contributed by atoms with Crippen LogP contribution >= 0.6 is 11.3 Å². The van der Waals surface area contributed by atoms with Crippen LogP contribution in [0.15, 0.2) is 5.51 Å². The Bertz CT molecular complexity index is 410. The van der Waals surface area contributed by atoms with Gasteiger partial charge in [-0.3, -0.25) is 10.2 Å². The van der Waals surface area contributed by atoms with Crippen LogP contribution in [0.2, 0.25) is 0 Å². The second-order valence-electron chi connectivity index (χ2n) is 4.84. The first-order valence-corrected chi connectivity index (χ1v) is 7.28. The lowest BCUT2D eigenvalue weighted by atomic mass is 9.99. The number of amides is 2.